The lowest BCUT2D eigenvalue weighted by atomic mass is 10.1. The van der Waals surface area contributed by atoms with Gasteiger partial charge in [-0.3, -0.25) is 4.98 Å². The van der Waals surface area contributed by atoms with Crippen molar-refractivity contribution in [3.05, 3.63) is 12.4 Å². The van der Waals surface area contributed by atoms with Crippen LogP contribution in [0.15, 0.2) is 12.4 Å². The molecule has 0 bridgehead atoms. The molecule has 0 spiro atoms. The van der Waals surface area contributed by atoms with Crippen LogP contribution in [0, 0.1) is 0 Å². The Morgan fingerprint density at radius 2 is 2.37 bits per heavy atom. The van der Waals surface area contributed by atoms with Crippen LogP contribution in [0.5, 0.6) is 5.88 Å². The van der Waals surface area contributed by atoms with E-state index in [1.165, 1.54) is 19.4 Å². The second kappa shape index (κ2) is 7.28. The maximum Gasteiger partial charge on any atom is 0.234 e. The summed E-state index contributed by atoms with van der Waals surface area (Å²) in [5, 5.41) is 3.21. The first-order chi connectivity index (χ1) is 9.29. The average molecular weight is 264 g/mol. The van der Waals surface area contributed by atoms with Crippen molar-refractivity contribution >= 4 is 5.82 Å². The predicted molar refractivity (Wildman–Crippen MR) is 76.6 cm³/mol. The number of ether oxygens (including phenoxy) is 1. The number of likely N-dealkylation sites (tertiary alicyclic amines) is 1. The molecule has 2 rings (SSSR count). The fourth-order valence-corrected chi connectivity index (χ4v) is 2.40. The summed E-state index contributed by atoms with van der Waals surface area (Å²) >= 11 is 0. The monoisotopic (exact) mass is 264 g/mol. The van der Waals surface area contributed by atoms with Crippen molar-refractivity contribution in [3.63, 3.8) is 0 Å². The van der Waals surface area contributed by atoms with E-state index in [2.05, 4.69) is 34.2 Å². The van der Waals surface area contributed by atoms with Gasteiger partial charge in [0.15, 0.2) is 0 Å². The highest BCUT2D eigenvalue weighted by molar-refractivity contribution is 5.32. The molecule has 1 aromatic heterocycles. The second-order valence-electron chi connectivity index (χ2n) is 5.08. The molecule has 106 valence electrons. The third kappa shape index (κ3) is 4.35. The van der Waals surface area contributed by atoms with Crippen molar-refractivity contribution in [2.24, 2.45) is 0 Å². The van der Waals surface area contributed by atoms with Crippen molar-refractivity contribution in [2.75, 3.05) is 32.1 Å². The number of hydrogen-bond acceptors (Lipinski definition) is 5. The lowest BCUT2D eigenvalue weighted by molar-refractivity contribution is 0.228. The summed E-state index contributed by atoms with van der Waals surface area (Å²) in [6.45, 7) is 4.95. The van der Waals surface area contributed by atoms with Gasteiger partial charge in [0, 0.05) is 12.6 Å². The molecule has 0 aromatic carbocycles. The van der Waals surface area contributed by atoms with E-state index in [1.54, 1.807) is 12.4 Å². The number of anilines is 1. The molecule has 2 heterocycles. The number of nitrogens with zero attached hydrogens (tertiary/aromatic N) is 3. The van der Waals surface area contributed by atoms with E-state index < -0.39 is 0 Å². The fourth-order valence-electron chi connectivity index (χ4n) is 2.40. The lowest BCUT2D eigenvalue weighted by Crippen LogP contribution is -2.26. The van der Waals surface area contributed by atoms with E-state index in [9.17, 15) is 0 Å². The maximum atomic E-state index is 5.70. The molecule has 5 heteroatoms. The summed E-state index contributed by atoms with van der Waals surface area (Å²) in [5.41, 5.74) is 0. The summed E-state index contributed by atoms with van der Waals surface area (Å²) in [6.07, 6.45) is 8.12. The van der Waals surface area contributed by atoms with Gasteiger partial charge in [-0.2, -0.15) is 4.98 Å². The van der Waals surface area contributed by atoms with Crippen LogP contribution in [0.2, 0.25) is 0 Å². The third-order valence-electron chi connectivity index (χ3n) is 3.54. The van der Waals surface area contributed by atoms with Crippen molar-refractivity contribution in [1.29, 1.82) is 0 Å². The van der Waals surface area contributed by atoms with E-state index in [4.69, 9.17) is 4.74 Å². The Bertz CT molecular complexity index is 385. The molecular weight excluding hydrogens is 240 g/mol. The Morgan fingerprint density at radius 3 is 3.11 bits per heavy atom. The van der Waals surface area contributed by atoms with Gasteiger partial charge >= 0.3 is 0 Å². The van der Waals surface area contributed by atoms with Crippen LogP contribution < -0.4 is 10.1 Å². The highest BCUT2D eigenvalue weighted by Gasteiger charge is 2.20. The third-order valence-corrected chi connectivity index (χ3v) is 3.54. The van der Waals surface area contributed by atoms with Crippen molar-refractivity contribution in [1.82, 2.24) is 14.9 Å². The summed E-state index contributed by atoms with van der Waals surface area (Å²) in [6, 6.07) is 0.661. The zero-order valence-electron chi connectivity index (χ0n) is 11.9. The van der Waals surface area contributed by atoms with Crippen LogP contribution in [-0.4, -0.2) is 47.7 Å². The fraction of sp³-hybridized carbons (Fsp3) is 0.714. The molecule has 0 radical (unpaired) electrons. The molecule has 1 fully saturated rings. The van der Waals surface area contributed by atoms with Crippen LogP contribution in [0.4, 0.5) is 5.82 Å². The highest BCUT2D eigenvalue weighted by atomic mass is 16.5. The first kappa shape index (κ1) is 14.1. The van der Waals surface area contributed by atoms with Gasteiger partial charge in [0.2, 0.25) is 5.88 Å². The molecule has 19 heavy (non-hydrogen) atoms. The standard InChI is InChI=1S/C14H24N4O/c1-3-7-16-13-10-15-11-14(17-13)19-9-6-12-5-4-8-18(12)2/h10-12H,3-9H2,1-2H3,(H,16,17). The van der Waals surface area contributed by atoms with Crippen LogP contribution in [0.1, 0.15) is 32.6 Å². The van der Waals surface area contributed by atoms with Gasteiger partial charge in [-0.25, -0.2) is 0 Å². The zero-order valence-corrected chi connectivity index (χ0v) is 11.9. The van der Waals surface area contributed by atoms with Crippen molar-refractivity contribution in [3.8, 4) is 5.88 Å². The largest absolute Gasteiger partial charge is 0.476 e. The SMILES string of the molecule is CCCNc1cncc(OCCC2CCCN2C)n1. The maximum absolute atomic E-state index is 5.70. The molecule has 1 aromatic rings. The number of rotatable bonds is 7. The first-order valence-corrected chi connectivity index (χ1v) is 7.18. The Morgan fingerprint density at radius 1 is 1.47 bits per heavy atom. The Hall–Kier alpha value is -1.36. The molecule has 0 amide bonds. The van der Waals surface area contributed by atoms with Crippen LogP contribution in [-0.2, 0) is 0 Å². The topological polar surface area (TPSA) is 50.3 Å². The van der Waals surface area contributed by atoms with E-state index in [0.717, 1.165) is 25.2 Å². The predicted octanol–water partition coefficient (Wildman–Crippen LogP) is 2.16. The number of aromatic nitrogens is 2. The van der Waals surface area contributed by atoms with E-state index in [1.807, 2.05) is 0 Å². The van der Waals surface area contributed by atoms with Gasteiger partial charge < -0.3 is 15.0 Å². The van der Waals surface area contributed by atoms with E-state index in [0.29, 0.717) is 18.5 Å². The average Bonchev–Trinajstić information content (AvgIpc) is 2.83. The van der Waals surface area contributed by atoms with E-state index >= 15 is 0 Å². The molecule has 0 saturated carbocycles. The van der Waals surface area contributed by atoms with Crippen molar-refractivity contribution < 1.29 is 4.74 Å². The van der Waals surface area contributed by atoms with E-state index in [-0.39, 0.29) is 0 Å². The summed E-state index contributed by atoms with van der Waals surface area (Å²) in [7, 11) is 2.19. The molecule has 1 saturated heterocycles. The minimum atomic E-state index is 0.613. The smallest absolute Gasteiger partial charge is 0.234 e. The van der Waals surface area contributed by atoms with Gasteiger partial charge in [-0.05, 0) is 39.3 Å². The zero-order chi connectivity index (χ0) is 13.5. The molecule has 1 aliphatic heterocycles. The quantitative estimate of drug-likeness (QED) is 0.818. The van der Waals surface area contributed by atoms with Crippen LogP contribution >= 0.6 is 0 Å². The molecule has 1 N–H and O–H groups in total. The van der Waals surface area contributed by atoms with Gasteiger partial charge in [0.1, 0.15) is 5.82 Å². The Balaban J connectivity index is 1.75. The van der Waals surface area contributed by atoms with Gasteiger partial charge in [-0.15, -0.1) is 0 Å². The number of hydrogen-bond donors (Lipinski definition) is 1. The minimum Gasteiger partial charge on any atom is -0.476 e. The van der Waals surface area contributed by atoms with Gasteiger partial charge in [-0.1, -0.05) is 6.92 Å². The van der Waals surface area contributed by atoms with Gasteiger partial charge in [0.25, 0.3) is 0 Å². The molecule has 0 aliphatic carbocycles. The normalized spacial score (nSPS) is 19.6. The molecule has 1 atom stereocenters. The van der Waals surface area contributed by atoms with Crippen LogP contribution in [0.25, 0.3) is 0 Å². The second-order valence-corrected chi connectivity index (χ2v) is 5.08. The first-order valence-electron chi connectivity index (χ1n) is 7.18. The summed E-state index contributed by atoms with van der Waals surface area (Å²) in [5.74, 6) is 1.40. The molecular formula is C14H24N4O. The van der Waals surface area contributed by atoms with Gasteiger partial charge in [0.05, 0.1) is 19.0 Å². The Labute approximate surface area is 115 Å². The number of nitrogens with one attached hydrogen (secondary N) is 1. The lowest BCUT2D eigenvalue weighted by Gasteiger charge is -2.19. The molecule has 5 nitrogen and oxygen atoms in total. The highest BCUT2D eigenvalue weighted by Crippen LogP contribution is 2.18. The summed E-state index contributed by atoms with van der Waals surface area (Å²) < 4.78 is 5.70. The van der Waals surface area contributed by atoms with Crippen molar-refractivity contribution in [2.45, 2.75) is 38.6 Å². The minimum absolute atomic E-state index is 0.613. The Kier molecular flexibility index (Phi) is 5.39. The summed E-state index contributed by atoms with van der Waals surface area (Å²) in [4.78, 5) is 10.9. The molecule has 1 aliphatic rings. The van der Waals surface area contributed by atoms with Crippen LogP contribution in [0.3, 0.4) is 0 Å². The molecule has 1 unspecified atom stereocenters.